The summed E-state index contributed by atoms with van der Waals surface area (Å²) in [6.45, 7) is 7.75. The molecule has 0 radical (unpaired) electrons. The minimum absolute atomic E-state index is 0.201. The molecule has 0 rings (SSSR count). The predicted octanol–water partition coefficient (Wildman–Crippen LogP) is 2.70. The zero-order valence-corrected chi connectivity index (χ0v) is 10.0. The van der Waals surface area contributed by atoms with Gasteiger partial charge in [-0.25, -0.2) is 4.79 Å². The number of unbranched alkanes of at least 4 members (excludes halogenated alkanes) is 1. The SMILES string of the molecule is CCCOC(=O)C(C)=CCCCOCC. The van der Waals surface area contributed by atoms with Crippen molar-refractivity contribution in [3.05, 3.63) is 11.6 Å². The van der Waals surface area contributed by atoms with Crippen LogP contribution in [0.25, 0.3) is 0 Å². The first kappa shape index (κ1) is 14.2. The molecule has 0 bridgehead atoms. The van der Waals surface area contributed by atoms with Gasteiger partial charge in [-0.3, -0.25) is 0 Å². The fraction of sp³-hybridized carbons (Fsp3) is 0.750. The summed E-state index contributed by atoms with van der Waals surface area (Å²) in [7, 11) is 0. The summed E-state index contributed by atoms with van der Waals surface area (Å²) < 4.78 is 10.2. The fourth-order valence-corrected chi connectivity index (χ4v) is 1.04. The van der Waals surface area contributed by atoms with Crippen LogP contribution in [0.1, 0.15) is 40.0 Å². The van der Waals surface area contributed by atoms with Crippen molar-refractivity contribution in [2.45, 2.75) is 40.0 Å². The minimum atomic E-state index is -0.201. The maximum absolute atomic E-state index is 11.3. The molecule has 0 aromatic carbocycles. The third-order valence-electron chi connectivity index (χ3n) is 1.91. The highest BCUT2D eigenvalue weighted by Crippen LogP contribution is 2.01. The number of allylic oxidation sites excluding steroid dienone is 1. The van der Waals surface area contributed by atoms with Crippen LogP contribution in [0.15, 0.2) is 11.6 Å². The van der Waals surface area contributed by atoms with Gasteiger partial charge in [0.05, 0.1) is 6.61 Å². The monoisotopic (exact) mass is 214 g/mol. The number of ether oxygens (including phenoxy) is 2. The van der Waals surface area contributed by atoms with Gasteiger partial charge in [0.15, 0.2) is 0 Å². The van der Waals surface area contributed by atoms with E-state index in [1.807, 2.05) is 19.9 Å². The van der Waals surface area contributed by atoms with Crippen molar-refractivity contribution in [1.29, 1.82) is 0 Å². The standard InChI is InChI=1S/C12H22O3/c1-4-9-15-12(13)11(3)8-6-7-10-14-5-2/h8H,4-7,9-10H2,1-3H3. The van der Waals surface area contributed by atoms with Crippen molar-refractivity contribution in [3.63, 3.8) is 0 Å². The van der Waals surface area contributed by atoms with E-state index >= 15 is 0 Å². The fourth-order valence-electron chi connectivity index (χ4n) is 1.04. The molecule has 0 atom stereocenters. The van der Waals surface area contributed by atoms with E-state index in [9.17, 15) is 4.79 Å². The van der Waals surface area contributed by atoms with Gasteiger partial charge in [0, 0.05) is 18.8 Å². The van der Waals surface area contributed by atoms with Crippen molar-refractivity contribution in [1.82, 2.24) is 0 Å². The molecule has 0 spiro atoms. The van der Waals surface area contributed by atoms with Crippen LogP contribution in [-0.2, 0) is 14.3 Å². The molecule has 15 heavy (non-hydrogen) atoms. The van der Waals surface area contributed by atoms with Gasteiger partial charge in [0.1, 0.15) is 0 Å². The number of hydrogen-bond donors (Lipinski definition) is 0. The summed E-state index contributed by atoms with van der Waals surface area (Å²) in [4.78, 5) is 11.3. The van der Waals surface area contributed by atoms with Crippen LogP contribution in [-0.4, -0.2) is 25.8 Å². The lowest BCUT2D eigenvalue weighted by atomic mass is 10.2. The Labute approximate surface area is 92.5 Å². The molecule has 0 amide bonds. The normalized spacial score (nSPS) is 11.5. The average molecular weight is 214 g/mol. The van der Waals surface area contributed by atoms with E-state index in [0.717, 1.165) is 32.5 Å². The highest BCUT2D eigenvalue weighted by molar-refractivity contribution is 5.87. The molecule has 0 aliphatic rings. The van der Waals surface area contributed by atoms with E-state index in [1.54, 1.807) is 6.92 Å². The number of esters is 1. The molecule has 0 aromatic heterocycles. The first-order valence-corrected chi connectivity index (χ1v) is 5.64. The molecule has 0 aliphatic carbocycles. The summed E-state index contributed by atoms with van der Waals surface area (Å²) in [5.74, 6) is -0.201. The lowest BCUT2D eigenvalue weighted by Gasteiger charge is -2.03. The Bertz CT molecular complexity index is 197. The highest BCUT2D eigenvalue weighted by atomic mass is 16.5. The maximum Gasteiger partial charge on any atom is 0.333 e. The average Bonchev–Trinajstić information content (AvgIpc) is 2.25. The van der Waals surface area contributed by atoms with Crippen LogP contribution in [0.4, 0.5) is 0 Å². The van der Waals surface area contributed by atoms with E-state index in [-0.39, 0.29) is 5.97 Å². The Hall–Kier alpha value is -0.830. The van der Waals surface area contributed by atoms with Crippen molar-refractivity contribution < 1.29 is 14.3 Å². The Morgan fingerprint density at radius 1 is 1.27 bits per heavy atom. The van der Waals surface area contributed by atoms with E-state index < -0.39 is 0 Å². The Balaban J connectivity index is 3.62. The maximum atomic E-state index is 11.3. The summed E-state index contributed by atoms with van der Waals surface area (Å²) in [6, 6.07) is 0. The summed E-state index contributed by atoms with van der Waals surface area (Å²) in [5, 5.41) is 0. The highest BCUT2D eigenvalue weighted by Gasteiger charge is 2.03. The molecule has 3 heteroatoms. The van der Waals surface area contributed by atoms with Gasteiger partial charge in [0.2, 0.25) is 0 Å². The van der Waals surface area contributed by atoms with E-state index in [2.05, 4.69) is 0 Å². The molecule has 0 aliphatic heterocycles. The second-order valence-electron chi connectivity index (χ2n) is 3.36. The van der Waals surface area contributed by atoms with Crippen LogP contribution < -0.4 is 0 Å². The Morgan fingerprint density at radius 2 is 2.00 bits per heavy atom. The summed E-state index contributed by atoms with van der Waals surface area (Å²) >= 11 is 0. The zero-order chi connectivity index (χ0) is 11.5. The van der Waals surface area contributed by atoms with Crippen molar-refractivity contribution in [2.75, 3.05) is 19.8 Å². The Morgan fingerprint density at radius 3 is 2.60 bits per heavy atom. The van der Waals surface area contributed by atoms with E-state index in [4.69, 9.17) is 9.47 Å². The van der Waals surface area contributed by atoms with Gasteiger partial charge in [-0.2, -0.15) is 0 Å². The zero-order valence-electron chi connectivity index (χ0n) is 10.0. The van der Waals surface area contributed by atoms with E-state index in [1.165, 1.54) is 0 Å². The minimum Gasteiger partial charge on any atom is -0.462 e. The molecule has 0 heterocycles. The van der Waals surface area contributed by atoms with Crippen molar-refractivity contribution in [3.8, 4) is 0 Å². The largest absolute Gasteiger partial charge is 0.462 e. The second kappa shape index (κ2) is 9.71. The third kappa shape index (κ3) is 8.18. The number of rotatable bonds is 8. The molecular formula is C12H22O3. The Kier molecular flexibility index (Phi) is 9.18. The second-order valence-corrected chi connectivity index (χ2v) is 3.36. The molecule has 0 fully saturated rings. The predicted molar refractivity (Wildman–Crippen MR) is 60.7 cm³/mol. The first-order valence-electron chi connectivity index (χ1n) is 5.64. The number of carbonyl (C=O) groups excluding carboxylic acids is 1. The first-order chi connectivity index (χ1) is 7.22. The van der Waals surface area contributed by atoms with Crippen LogP contribution in [0, 0.1) is 0 Å². The van der Waals surface area contributed by atoms with Gasteiger partial charge >= 0.3 is 5.97 Å². The molecule has 88 valence electrons. The lowest BCUT2D eigenvalue weighted by molar-refractivity contribution is -0.139. The van der Waals surface area contributed by atoms with Gasteiger partial charge in [-0.15, -0.1) is 0 Å². The molecule has 0 saturated heterocycles. The molecule has 0 unspecified atom stereocenters. The molecular weight excluding hydrogens is 192 g/mol. The summed E-state index contributed by atoms with van der Waals surface area (Å²) in [6.07, 6.45) is 4.60. The topological polar surface area (TPSA) is 35.5 Å². The van der Waals surface area contributed by atoms with Gasteiger partial charge < -0.3 is 9.47 Å². The molecule has 0 saturated carbocycles. The number of hydrogen-bond acceptors (Lipinski definition) is 3. The van der Waals surface area contributed by atoms with Crippen LogP contribution in [0.2, 0.25) is 0 Å². The van der Waals surface area contributed by atoms with Crippen LogP contribution in [0.3, 0.4) is 0 Å². The summed E-state index contributed by atoms with van der Waals surface area (Å²) in [5.41, 5.74) is 0.694. The molecule has 0 N–H and O–H groups in total. The van der Waals surface area contributed by atoms with Crippen molar-refractivity contribution >= 4 is 5.97 Å². The smallest absolute Gasteiger partial charge is 0.333 e. The van der Waals surface area contributed by atoms with Crippen LogP contribution >= 0.6 is 0 Å². The van der Waals surface area contributed by atoms with Gasteiger partial charge in [0.25, 0.3) is 0 Å². The van der Waals surface area contributed by atoms with Gasteiger partial charge in [-0.1, -0.05) is 13.0 Å². The van der Waals surface area contributed by atoms with Crippen molar-refractivity contribution in [2.24, 2.45) is 0 Å². The molecule has 3 nitrogen and oxygen atoms in total. The van der Waals surface area contributed by atoms with E-state index in [0.29, 0.717) is 12.2 Å². The van der Waals surface area contributed by atoms with Crippen LogP contribution in [0.5, 0.6) is 0 Å². The lowest BCUT2D eigenvalue weighted by Crippen LogP contribution is -2.06. The quantitative estimate of drug-likeness (QED) is 0.354. The third-order valence-corrected chi connectivity index (χ3v) is 1.91. The van der Waals surface area contributed by atoms with Gasteiger partial charge in [-0.05, 0) is 33.1 Å². The molecule has 0 aromatic rings. The number of carbonyl (C=O) groups is 1.